The molecular weight excluding hydrogens is 350 g/mol. The van der Waals surface area contributed by atoms with E-state index in [9.17, 15) is 0 Å². The SMILES string of the molecule is COc1ccccc1CNc1ccc2cc(Nc3nccc(C)n3)ccc2n1. The molecule has 0 saturated carbocycles. The molecule has 0 radical (unpaired) electrons. The van der Waals surface area contributed by atoms with Crippen molar-refractivity contribution in [3.63, 3.8) is 0 Å². The van der Waals surface area contributed by atoms with Crippen molar-refractivity contribution >= 4 is 28.4 Å². The normalized spacial score (nSPS) is 10.6. The predicted octanol–water partition coefficient (Wildman–Crippen LogP) is 4.70. The maximum atomic E-state index is 5.40. The highest BCUT2D eigenvalue weighted by Gasteiger charge is 2.04. The number of methoxy groups -OCH3 is 1. The summed E-state index contributed by atoms with van der Waals surface area (Å²) in [7, 11) is 1.68. The summed E-state index contributed by atoms with van der Waals surface area (Å²) in [5, 5.41) is 7.64. The van der Waals surface area contributed by atoms with Crippen molar-refractivity contribution in [2.45, 2.75) is 13.5 Å². The van der Waals surface area contributed by atoms with Crippen molar-refractivity contribution in [1.82, 2.24) is 15.0 Å². The fourth-order valence-electron chi connectivity index (χ4n) is 2.97. The van der Waals surface area contributed by atoms with Crippen LogP contribution in [0.25, 0.3) is 10.9 Å². The van der Waals surface area contributed by atoms with Gasteiger partial charge in [-0.05, 0) is 49.4 Å². The number of hydrogen-bond acceptors (Lipinski definition) is 6. The van der Waals surface area contributed by atoms with E-state index in [0.717, 1.165) is 39.4 Å². The average molecular weight is 371 g/mol. The van der Waals surface area contributed by atoms with Crippen LogP contribution in [0.2, 0.25) is 0 Å². The Kier molecular flexibility index (Phi) is 5.01. The number of hydrogen-bond donors (Lipinski definition) is 2. The zero-order valence-electron chi connectivity index (χ0n) is 15.8. The Labute approximate surface area is 163 Å². The van der Waals surface area contributed by atoms with Crippen LogP contribution < -0.4 is 15.4 Å². The molecule has 4 aromatic rings. The van der Waals surface area contributed by atoms with Gasteiger partial charge in [0.2, 0.25) is 5.95 Å². The highest BCUT2D eigenvalue weighted by molar-refractivity contribution is 5.84. The standard InChI is InChI=1S/C22H21N5O/c1-15-11-12-23-22(25-15)26-18-8-9-19-16(13-18)7-10-21(27-19)24-14-17-5-3-4-6-20(17)28-2/h3-13H,14H2,1-2H3,(H,24,27)(H,23,25,26). The smallest absolute Gasteiger partial charge is 0.227 e. The fourth-order valence-corrected chi connectivity index (χ4v) is 2.97. The molecule has 6 nitrogen and oxygen atoms in total. The third-order valence-corrected chi connectivity index (χ3v) is 4.39. The number of fused-ring (bicyclic) bond motifs is 1. The first kappa shape index (κ1) is 17.7. The lowest BCUT2D eigenvalue weighted by Gasteiger charge is -2.11. The minimum Gasteiger partial charge on any atom is -0.496 e. The number of aryl methyl sites for hydroxylation is 1. The molecule has 0 aliphatic heterocycles. The molecule has 0 aliphatic carbocycles. The maximum Gasteiger partial charge on any atom is 0.227 e. The number of nitrogens with one attached hydrogen (secondary N) is 2. The van der Waals surface area contributed by atoms with Crippen LogP contribution in [0, 0.1) is 6.92 Å². The highest BCUT2D eigenvalue weighted by Crippen LogP contribution is 2.23. The summed E-state index contributed by atoms with van der Waals surface area (Å²) in [6, 6.07) is 19.9. The van der Waals surface area contributed by atoms with Crippen LogP contribution in [0.4, 0.5) is 17.5 Å². The van der Waals surface area contributed by atoms with Gasteiger partial charge in [0, 0.05) is 35.1 Å². The van der Waals surface area contributed by atoms with E-state index in [1.165, 1.54) is 0 Å². The second-order valence-electron chi connectivity index (χ2n) is 6.42. The number of ether oxygens (including phenoxy) is 1. The minimum absolute atomic E-state index is 0.586. The van der Waals surface area contributed by atoms with Crippen LogP contribution in [-0.2, 0) is 6.54 Å². The van der Waals surface area contributed by atoms with Crippen LogP contribution in [-0.4, -0.2) is 22.1 Å². The number of aromatic nitrogens is 3. The van der Waals surface area contributed by atoms with Crippen LogP contribution in [0.1, 0.15) is 11.3 Å². The van der Waals surface area contributed by atoms with Gasteiger partial charge in [0.05, 0.1) is 12.6 Å². The summed E-state index contributed by atoms with van der Waals surface area (Å²) >= 11 is 0. The summed E-state index contributed by atoms with van der Waals surface area (Å²) < 4.78 is 5.40. The molecule has 0 atom stereocenters. The third-order valence-electron chi connectivity index (χ3n) is 4.39. The molecule has 0 spiro atoms. The van der Waals surface area contributed by atoms with Gasteiger partial charge < -0.3 is 15.4 Å². The average Bonchev–Trinajstić information content (AvgIpc) is 2.72. The van der Waals surface area contributed by atoms with Gasteiger partial charge >= 0.3 is 0 Å². The van der Waals surface area contributed by atoms with E-state index in [-0.39, 0.29) is 0 Å². The van der Waals surface area contributed by atoms with Gasteiger partial charge in [-0.25, -0.2) is 15.0 Å². The van der Waals surface area contributed by atoms with Gasteiger partial charge in [-0.2, -0.15) is 0 Å². The van der Waals surface area contributed by atoms with E-state index in [1.54, 1.807) is 13.3 Å². The first-order valence-corrected chi connectivity index (χ1v) is 9.04. The molecule has 0 bridgehead atoms. The summed E-state index contributed by atoms with van der Waals surface area (Å²) in [5.74, 6) is 2.27. The Morgan fingerprint density at radius 2 is 1.86 bits per heavy atom. The lowest BCUT2D eigenvalue weighted by molar-refractivity contribution is 0.410. The monoisotopic (exact) mass is 371 g/mol. The number of nitrogens with zero attached hydrogens (tertiary/aromatic N) is 3. The van der Waals surface area contributed by atoms with Crippen molar-refractivity contribution < 1.29 is 4.74 Å². The summed E-state index contributed by atoms with van der Waals surface area (Å²) in [6.07, 6.45) is 1.74. The Morgan fingerprint density at radius 1 is 0.964 bits per heavy atom. The largest absolute Gasteiger partial charge is 0.496 e. The Bertz CT molecular complexity index is 1110. The molecule has 2 N–H and O–H groups in total. The fraction of sp³-hybridized carbons (Fsp3) is 0.136. The van der Waals surface area contributed by atoms with Crippen molar-refractivity contribution in [3.05, 3.63) is 78.1 Å². The van der Waals surface area contributed by atoms with Crippen molar-refractivity contribution in [3.8, 4) is 5.75 Å². The lowest BCUT2D eigenvalue weighted by atomic mass is 10.2. The summed E-state index contributed by atoms with van der Waals surface area (Å²) in [5.41, 5.74) is 3.85. The van der Waals surface area contributed by atoms with Crippen LogP contribution in [0.15, 0.2) is 66.9 Å². The highest BCUT2D eigenvalue weighted by atomic mass is 16.5. The van der Waals surface area contributed by atoms with Crippen molar-refractivity contribution in [2.75, 3.05) is 17.7 Å². The van der Waals surface area contributed by atoms with Gasteiger partial charge in [0.1, 0.15) is 11.6 Å². The molecule has 4 rings (SSSR count). The van der Waals surface area contributed by atoms with E-state index in [4.69, 9.17) is 9.72 Å². The van der Waals surface area contributed by atoms with E-state index in [0.29, 0.717) is 12.5 Å². The van der Waals surface area contributed by atoms with Crippen LogP contribution in [0.3, 0.4) is 0 Å². The zero-order chi connectivity index (χ0) is 19.3. The Hall–Kier alpha value is -3.67. The molecule has 0 unspecified atom stereocenters. The number of para-hydroxylation sites is 1. The van der Waals surface area contributed by atoms with E-state index in [1.807, 2.05) is 61.5 Å². The summed E-state index contributed by atoms with van der Waals surface area (Å²) in [4.78, 5) is 13.3. The molecule has 2 aromatic carbocycles. The van der Waals surface area contributed by atoms with Gasteiger partial charge in [0.15, 0.2) is 0 Å². The maximum absolute atomic E-state index is 5.40. The first-order valence-electron chi connectivity index (χ1n) is 9.04. The minimum atomic E-state index is 0.586. The molecule has 2 heterocycles. The van der Waals surface area contributed by atoms with Crippen molar-refractivity contribution in [2.24, 2.45) is 0 Å². The Morgan fingerprint density at radius 3 is 2.71 bits per heavy atom. The van der Waals surface area contributed by atoms with Gasteiger partial charge in [0.25, 0.3) is 0 Å². The molecule has 0 aliphatic rings. The Balaban J connectivity index is 1.50. The third kappa shape index (κ3) is 4.01. The molecule has 28 heavy (non-hydrogen) atoms. The molecule has 140 valence electrons. The summed E-state index contributed by atoms with van der Waals surface area (Å²) in [6.45, 7) is 2.59. The quantitative estimate of drug-likeness (QED) is 0.512. The second kappa shape index (κ2) is 7.92. The van der Waals surface area contributed by atoms with E-state index in [2.05, 4.69) is 26.7 Å². The number of benzene rings is 2. The van der Waals surface area contributed by atoms with E-state index >= 15 is 0 Å². The first-order chi connectivity index (χ1) is 13.7. The topological polar surface area (TPSA) is 72.0 Å². The molecule has 0 fully saturated rings. The van der Waals surface area contributed by atoms with Crippen molar-refractivity contribution in [1.29, 1.82) is 0 Å². The van der Waals surface area contributed by atoms with Gasteiger partial charge in [-0.3, -0.25) is 0 Å². The predicted molar refractivity (Wildman–Crippen MR) is 112 cm³/mol. The van der Waals surface area contributed by atoms with Crippen LogP contribution >= 0.6 is 0 Å². The number of rotatable bonds is 6. The number of anilines is 3. The molecule has 2 aromatic heterocycles. The second-order valence-corrected chi connectivity index (χ2v) is 6.42. The van der Waals surface area contributed by atoms with E-state index < -0.39 is 0 Å². The molecule has 6 heteroatoms. The zero-order valence-corrected chi connectivity index (χ0v) is 15.8. The van der Waals surface area contributed by atoms with Crippen LogP contribution in [0.5, 0.6) is 5.75 Å². The van der Waals surface area contributed by atoms with Gasteiger partial charge in [-0.15, -0.1) is 0 Å². The molecular formula is C22H21N5O. The number of pyridine rings is 1. The van der Waals surface area contributed by atoms with Gasteiger partial charge in [-0.1, -0.05) is 18.2 Å². The lowest BCUT2D eigenvalue weighted by Crippen LogP contribution is -2.03. The molecule has 0 saturated heterocycles. The molecule has 0 amide bonds.